The molecule has 1 aromatic rings. The van der Waals surface area contributed by atoms with Crippen molar-refractivity contribution in [3.63, 3.8) is 0 Å². The van der Waals surface area contributed by atoms with E-state index in [9.17, 15) is 5.11 Å². The summed E-state index contributed by atoms with van der Waals surface area (Å²) >= 11 is 0. The second-order valence-electron chi connectivity index (χ2n) is 4.17. The average Bonchev–Trinajstić information content (AvgIpc) is 2.71. The molecule has 4 nitrogen and oxygen atoms in total. The quantitative estimate of drug-likeness (QED) is 0.706. The van der Waals surface area contributed by atoms with E-state index in [1.807, 2.05) is 24.2 Å². The topological polar surface area (TPSA) is 47.5 Å². The van der Waals surface area contributed by atoms with Crippen molar-refractivity contribution in [3.8, 4) is 5.75 Å². The summed E-state index contributed by atoms with van der Waals surface area (Å²) in [5.74, 6) is 0.264. The first kappa shape index (κ1) is 12.3. The van der Waals surface area contributed by atoms with Gasteiger partial charge in [-0.15, -0.1) is 0 Å². The van der Waals surface area contributed by atoms with E-state index in [4.69, 9.17) is 0 Å². The SMILES string of the molecule is C=CC(=C)NC1C=C(c2ccc(O)cc2)NN1C. The third-order valence-corrected chi connectivity index (χ3v) is 2.80. The number of hydrogen-bond donors (Lipinski definition) is 3. The highest BCUT2D eigenvalue weighted by atomic mass is 16.3. The maximum atomic E-state index is 9.27. The predicted molar refractivity (Wildman–Crippen MR) is 73.2 cm³/mol. The van der Waals surface area contributed by atoms with Gasteiger partial charge in [0, 0.05) is 12.7 Å². The molecule has 1 atom stereocenters. The highest BCUT2D eigenvalue weighted by molar-refractivity contribution is 5.66. The average molecular weight is 243 g/mol. The van der Waals surface area contributed by atoms with Gasteiger partial charge in [-0.25, -0.2) is 5.01 Å². The van der Waals surface area contributed by atoms with Gasteiger partial charge in [0.1, 0.15) is 11.9 Å². The van der Waals surface area contributed by atoms with Crippen molar-refractivity contribution in [3.05, 3.63) is 60.8 Å². The second kappa shape index (κ2) is 4.98. The summed E-state index contributed by atoms with van der Waals surface area (Å²) in [5.41, 5.74) is 6.03. The summed E-state index contributed by atoms with van der Waals surface area (Å²) < 4.78 is 0. The molecule has 0 bridgehead atoms. The fraction of sp³-hybridized carbons (Fsp3) is 0.143. The molecule has 0 spiro atoms. The van der Waals surface area contributed by atoms with E-state index >= 15 is 0 Å². The molecule has 0 amide bonds. The minimum absolute atomic E-state index is 0.0271. The first-order chi connectivity index (χ1) is 8.60. The number of benzene rings is 1. The Hall–Kier alpha value is -2.20. The molecule has 1 unspecified atom stereocenters. The zero-order valence-corrected chi connectivity index (χ0v) is 10.4. The minimum atomic E-state index is 0.0271. The zero-order chi connectivity index (χ0) is 13.1. The lowest BCUT2D eigenvalue weighted by Gasteiger charge is -2.21. The van der Waals surface area contributed by atoms with Crippen LogP contribution in [0.4, 0.5) is 0 Å². The number of nitrogens with zero attached hydrogens (tertiary/aromatic N) is 1. The van der Waals surface area contributed by atoms with Gasteiger partial charge < -0.3 is 15.8 Å². The van der Waals surface area contributed by atoms with Crippen molar-refractivity contribution in [1.82, 2.24) is 15.8 Å². The van der Waals surface area contributed by atoms with Gasteiger partial charge in [0.05, 0.1) is 5.70 Å². The van der Waals surface area contributed by atoms with Crippen LogP contribution in [0.5, 0.6) is 5.75 Å². The number of hydrogen-bond acceptors (Lipinski definition) is 4. The van der Waals surface area contributed by atoms with Crippen molar-refractivity contribution in [2.75, 3.05) is 7.05 Å². The van der Waals surface area contributed by atoms with Gasteiger partial charge in [0.15, 0.2) is 0 Å². The highest BCUT2D eigenvalue weighted by Crippen LogP contribution is 2.21. The van der Waals surface area contributed by atoms with Gasteiger partial charge >= 0.3 is 0 Å². The fourth-order valence-corrected chi connectivity index (χ4v) is 1.76. The zero-order valence-electron chi connectivity index (χ0n) is 10.4. The number of likely N-dealkylation sites (N-methyl/N-ethyl adjacent to an activating group) is 1. The first-order valence-corrected chi connectivity index (χ1v) is 5.69. The Morgan fingerprint density at radius 3 is 2.72 bits per heavy atom. The molecule has 0 aromatic heterocycles. The third kappa shape index (κ3) is 2.55. The van der Waals surface area contributed by atoms with E-state index in [-0.39, 0.29) is 11.9 Å². The Labute approximate surface area is 107 Å². The highest BCUT2D eigenvalue weighted by Gasteiger charge is 2.21. The molecule has 0 fully saturated rings. The number of aromatic hydroxyl groups is 1. The van der Waals surface area contributed by atoms with Crippen LogP contribution >= 0.6 is 0 Å². The number of rotatable bonds is 4. The standard InChI is InChI=1S/C14H17N3O/c1-4-10(2)15-14-9-13(16-17(14)3)11-5-7-12(18)8-6-11/h4-9,14-16,18H,1-2H2,3H3. The van der Waals surface area contributed by atoms with Crippen molar-refractivity contribution in [2.24, 2.45) is 0 Å². The van der Waals surface area contributed by atoms with Crippen LogP contribution in [0.15, 0.2) is 55.3 Å². The van der Waals surface area contributed by atoms with Gasteiger partial charge in [0.25, 0.3) is 0 Å². The molecule has 1 aromatic carbocycles. The molecule has 2 rings (SSSR count). The Morgan fingerprint density at radius 2 is 2.11 bits per heavy atom. The Morgan fingerprint density at radius 1 is 1.44 bits per heavy atom. The van der Waals surface area contributed by atoms with Crippen molar-refractivity contribution >= 4 is 5.70 Å². The second-order valence-corrected chi connectivity index (χ2v) is 4.17. The number of phenols is 1. The molecule has 1 aliphatic rings. The van der Waals surface area contributed by atoms with Gasteiger partial charge in [-0.1, -0.05) is 13.2 Å². The largest absolute Gasteiger partial charge is 0.508 e. The van der Waals surface area contributed by atoms with Crippen molar-refractivity contribution in [2.45, 2.75) is 6.17 Å². The van der Waals surface area contributed by atoms with Crippen LogP contribution in [-0.2, 0) is 0 Å². The molecule has 18 heavy (non-hydrogen) atoms. The normalized spacial score (nSPS) is 18.9. The molecule has 1 aliphatic heterocycles. The number of allylic oxidation sites excluding steroid dienone is 1. The van der Waals surface area contributed by atoms with E-state index in [2.05, 4.69) is 30.0 Å². The lowest BCUT2D eigenvalue weighted by atomic mass is 10.1. The predicted octanol–water partition coefficient (Wildman–Crippen LogP) is 1.80. The van der Waals surface area contributed by atoms with Crippen LogP contribution in [0.25, 0.3) is 5.70 Å². The van der Waals surface area contributed by atoms with E-state index in [1.165, 1.54) is 0 Å². The third-order valence-electron chi connectivity index (χ3n) is 2.80. The minimum Gasteiger partial charge on any atom is -0.508 e. The number of hydrazine groups is 1. The molecular weight excluding hydrogens is 226 g/mol. The summed E-state index contributed by atoms with van der Waals surface area (Å²) in [4.78, 5) is 0. The summed E-state index contributed by atoms with van der Waals surface area (Å²) in [6.07, 6.45) is 3.76. The van der Waals surface area contributed by atoms with Gasteiger partial charge in [-0.2, -0.15) is 0 Å². The summed E-state index contributed by atoms with van der Waals surface area (Å²) in [5, 5.41) is 14.4. The lowest BCUT2D eigenvalue weighted by Crippen LogP contribution is -2.42. The van der Waals surface area contributed by atoms with Crippen LogP contribution in [0.1, 0.15) is 5.56 Å². The fourth-order valence-electron chi connectivity index (χ4n) is 1.76. The lowest BCUT2D eigenvalue weighted by molar-refractivity contribution is 0.237. The van der Waals surface area contributed by atoms with E-state index in [0.717, 1.165) is 17.0 Å². The molecule has 4 heteroatoms. The number of nitrogens with one attached hydrogen (secondary N) is 2. The van der Waals surface area contributed by atoms with Gasteiger partial charge in [0.2, 0.25) is 0 Å². The number of phenolic OH excluding ortho intramolecular Hbond substituents is 1. The Kier molecular flexibility index (Phi) is 3.39. The molecule has 0 radical (unpaired) electrons. The van der Waals surface area contributed by atoms with E-state index < -0.39 is 0 Å². The van der Waals surface area contributed by atoms with E-state index in [1.54, 1.807) is 18.2 Å². The van der Waals surface area contributed by atoms with Gasteiger partial charge in [-0.3, -0.25) is 0 Å². The van der Waals surface area contributed by atoms with E-state index in [0.29, 0.717) is 0 Å². The van der Waals surface area contributed by atoms with Crippen LogP contribution in [0.2, 0.25) is 0 Å². The molecule has 0 saturated carbocycles. The molecule has 1 heterocycles. The molecule has 0 saturated heterocycles. The van der Waals surface area contributed by atoms with Gasteiger partial charge in [-0.05, 0) is 42.0 Å². The molecular formula is C14H17N3O. The first-order valence-electron chi connectivity index (χ1n) is 5.69. The maximum Gasteiger partial charge on any atom is 0.118 e. The smallest absolute Gasteiger partial charge is 0.118 e. The van der Waals surface area contributed by atoms with Crippen LogP contribution in [0, 0.1) is 0 Å². The monoisotopic (exact) mass is 243 g/mol. The maximum absolute atomic E-state index is 9.27. The summed E-state index contributed by atoms with van der Waals surface area (Å²) in [7, 11) is 1.94. The molecule has 94 valence electrons. The molecule has 0 aliphatic carbocycles. The molecule has 3 N–H and O–H groups in total. The van der Waals surface area contributed by atoms with Crippen LogP contribution in [-0.4, -0.2) is 23.3 Å². The Balaban J connectivity index is 2.15. The van der Waals surface area contributed by atoms with Crippen molar-refractivity contribution in [1.29, 1.82) is 0 Å². The summed E-state index contributed by atoms with van der Waals surface area (Å²) in [6.45, 7) is 7.50. The van der Waals surface area contributed by atoms with Crippen molar-refractivity contribution < 1.29 is 5.11 Å². The van der Waals surface area contributed by atoms with Crippen LogP contribution in [0.3, 0.4) is 0 Å². The Bertz CT molecular complexity index is 490. The van der Waals surface area contributed by atoms with Crippen LogP contribution < -0.4 is 10.7 Å². The summed E-state index contributed by atoms with van der Waals surface area (Å²) in [6, 6.07) is 7.07.